The van der Waals surface area contributed by atoms with E-state index in [1.54, 1.807) is 6.92 Å². The van der Waals surface area contributed by atoms with Crippen molar-refractivity contribution in [3.63, 3.8) is 0 Å². The number of amides is 2. The van der Waals surface area contributed by atoms with Crippen molar-refractivity contribution in [2.75, 3.05) is 26.3 Å². The predicted molar refractivity (Wildman–Crippen MR) is 73.5 cm³/mol. The highest BCUT2D eigenvalue weighted by Crippen LogP contribution is 2.28. The second-order valence-corrected chi connectivity index (χ2v) is 5.94. The summed E-state index contributed by atoms with van der Waals surface area (Å²) in [5, 5.41) is 12.2. The van der Waals surface area contributed by atoms with Crippen LogP contribution in [0, 0.1) is 5.92 Å². The molecular formula is C14H24N2O4. The minimum Gasteiger partial charge on any atom is -0.480 e. The van der Waals surface area contributed by atoms with Gasteiger partial charge < -0.3 is 20.1 Å². The van der Waals surface area contributed by atoms with Crippen LogP contribution in [-0.2, 0) is 9.53 Å². The molecule has 2 saturated heterocycles. The summed E-state index contributed by atoms with van der Waals surface area (Å²) in [4.78, 5) is 25.1. The van der Waals surface area contributed by atoms with Crippen LogP contribution in [0.2, 0.25) is 0 Å². The zero-order valence-corrected chi connectivity index (χ0v) is 12.1. The predicted octanol–water partition coefficient (Wildman–Crippen LogP) is 1.45. The fraction of sp³-hybridized carbons (Fsp3) is 0.857. The normalized spacial score (nSPS) is 30.2. The first-order valence-electron chi connectivity index (χ1n) is 7.40. The molecule has 0 spiro atoms. The third-order valence-electron chi connectivity index (χ3n) is 4.45. The molecule has 2 atom stereocenters. The van der Waals surface area contributed by atoms with Gasteiger partial charge in [0.05, 0.1) is 0 Å². The fourth-order valence-corrected chi connectivity index (χ4v) is 2.96. The van der Waals surface area contributed by atoms with E-state index in [0.29, 0.717) is 25.4 Å². The lowest BCUT2D eigenvalue weighted by Gasteiger charge is -2.41. The van der Waals surface area contributed by atoms with E-state index in [9.17, 15) is 14.7 Å². The van der Waals surface area contributed by atoms with Gasteiger partial charge in [-0.3, -0.25) is 0 Å². The molecule has 0 bridgehead atoms. The number of hydrogen-bond acceptors (Lipinski definition) is 3. The van der Waals surface area contributed by atoms with Crippen molar-refractivity contribution in [3.8, 4) is 0 Å². The summed E-state index contributed by atoms with van der Waals surface area (Å²) >= 11 is 0. The molecule has 2 aliphatic heterocycles. The monoisotopic (exact) mass is 284 g/mol. The Morgan fingerprint density at radius 3 is 2.90 bits per heavy atom. The summed E-state index contributed by atoms with van der Waals surface area (Å²) in [6.07, 6.45) is 4.18. The molecule has 2 N–H and O–H groups in total. The summed E-state index contributed by atoms with van der Waals surface area (Å²) in [5.41, 5.74) is -1.07. The van der Waals surface area contributed by atoms with Crippen LogP contribution in [0.5, 0.6) is 0 Å². The second-order valence-electron chi connectivity index (χ2n) is 5.94. The van der Waals surface area contributed by atoms with E-state index in [4.69, 9.17) is 4.74 Å². The standard InChI is InChI=1S/C14H24N2O4/c1-14(12(17)18)6-2-3-8-16(14)13(19)15-7-4-11-5-9-20-10-11/h11H,2-10H2,1H3,(H,15,19)(H,17,18). The maximum absolute atomic E-state index is 12.2. The first-order valence-corrected chi connectivity index (χ1v) is 7.40. The lowest BCUT2D eigenvalue weighted by atomic mass is 9.89. The van der Waals surface area contributed by atoms with Gasteiger partial charge in [0.2, 0.25) is 0 Å². The Hall–Kier alpha value is -1.30. The highest BCUT2D eigenvalue weighted by molar-refractivity contribution is 5.86. The number of nitrogens with zero attached hydrogens (tertiary/aromatic N) is 1. The fourth-order valence-electron chi connectivity index (χ4n) is 2.96. The molecule has 0 aromatic carbocycles. The molecule has 2 heterocycles. The lowest BCUT2D eigenvalue weighted by molar-refractivity contribution is -0.150. The molecule has 0 radical (unpaired) electrons. The summed E-state index contributed by atoms with van der Waals surface area (Å²) < 4.78 is 5.29. The van der Waals surface area contributed by atoms with Crippen LogP contribution in [-0.4, -0.2) is 53.8 Å². The maximum Gasteiger partial charge on any atom is 0.329 e. The Labute approximate surface area is 119 Å². The van der Waals surface area contributed by atoms with Crippen molar-refractivity contribution in [3.05, 3.63) is 0 Å². The van der Waals surface area contributed by atoms with Crippen LogP contribution in [0.1, 0.15) is 39.0 Å². The van der Waals surface area contributed by atoms with Crippen LogP contribution < -0.4 is 5.32 Å². The molecule has 2 unspecified atom stereocenters. The minimum atomic E-state index is -1.07. The number of carboxylic acids is 1. The number of nitrogens with one attached hydrogen (secondary N) is 1. The number of aliphatic carboxylic acids is 1. The van der Waals surface area contributed by atoms with Gasteiger partial charge in [0.15, 0.2) is 0 Å². The minimum absolute atomic E-state index is 0.256. The van der Waals surface area contributed by atoms with E-state index in [1.165, 1.54) is 4.90 Å². The van der Waals surface area contributed by atoms with E-state index in [-0.39, 0.29) is 6.03 Å². The van der Waals surface area contributed by atoms with E-state index >= 15 is 0 Å². The maximum atomic E-state index is 12.2. The topological polar surface area (TPSA) is 78.9 Å². The highest BCUT2D eigenvalue weighted by Gasteiger charge is 2.43. The Kier molecular flexibility index (Phi) is 4.86. The van der Waals surface area contributed by atoms with Gasteiger partial charge in [0.25, 0.3) is 0 Å². The molecule has 20 heavy (non-hydrogen) atoms. The van der Waals surface area contributed by atoms with Crippen molar-refractivity contribution in [2.45, 2.75) is 44.6 Å². The number of rotatable bonds is 4. The number of carbonyl (C=O) groups excluding carboxylic acids is 1. The molecule has 0 aromatic rings. The number of piperidine rings is 1. The van der Waals surface area contributed by atoms with Crippen molar-refractivity contribution >= 4 is 12.0 Å². The summed E-state index contributed by atoms with van der Waals surface area (Å²) in [7, 11) is 0. The van der Waals surface area contributed by atoms with Gasteiger partial charge in [-0.15, -0.1) is 0 Å². The summed E-state index contributed by atoms with van der Waals surface area (Å²) in [6.45, 7) is 4.31. The zero-order chi connectivity index (χ0) is 14.6. The smallest absolute Gasteiger partial charge is 0.329 e. The van der Waals surface area contributed by atoms with E-state index in [0.717, 1.165) is 38.9 Å². The average Bonchev–Trinajstić information content (AvgIpc) is 2.92. The molecule has 6 nitrogen and oxygen atoms in total. The molecule has 0 aromatic heterocycles. The molecule has 6 heteroatoms. The van der Waals surface area contributed by atoms with Crippen LogP contribution in [0.3, 0.4) is 0 Å². The van der Waals surface area contributed by atoms with Gasteiger partial charge in [0, 0.05) is 26.3 Å². The number of ether oxygens (including phenoxy) is 1. The molecule has 0 saturated carbocycles. The summed E-state index contributed by atoms with van der Waals surface area (Å²) in [6, 6.07) is -0.256. The first kappa shape index (κ1) is 15.1. The Balaban J connectivity index is 1.84. The van der Waals surface area contributed by atoms with Crippen molar-refractivity contribution in [1.29, 1.82) is 0 Å². The van der Waals surface area contributed by atoms with Crippen molar-refractivity contribution in [1.82, 2.24) is 10.2 Å². The molecule has 114 valence electrons. The second kappa shape index (κ2) is 6.43. The van der Waals surface area contributed by atoms with Crippen LogP contribution in [0.15, 0.2) is 0 Å². The van der Waals surface area contributed by atoms with Gasteiger partial charge in [-0.05, 0) is 44.9 Å². The molecule has 2 fully saturated rings. The van der Waals surface area contributed by atoms with Crippen LogP contribution >= 0.6 is 0 Å². The Morgan fingerprint density at radius 2 is 2.25 bits per heavy atom. The van der Waals surface area contributed by atoms with Crippen LogP contribution in [0.25, 0.3) is 0 Å². The van der Waals surface area contributed by atoms with Gasteiger partial charge in [0.1, 0.15) is 5.54 Å². The van der Waals surface area contributed by atoms with E-state index in [2.05, 4.69) is 5.32 Å². The highest BCUT2D eigenvalue weighted by atomic mass is 16.5. The summed E-state index contributed by atoms with van der Waals surface area (Å²) in [5.74, 6) is -0.404. The van der Waals surface area contributed by atoms with Crippen LogP contribution in [0.4, 0.5) is 4.79 Å². The average molecular weight is 284 g/mol. The van der Waals surface area contributed by atoms with Gasteiger partial charge >= 0.3 is 12.0 Å². The number of likely N-dealkylation sites (tertiary alicyclic amines) is 1. The third-order valence-corrected chi connectivity index (χ3v) is 4.45. The van der Waals surface area contributed by atoms with Gasteiger partial charge in [-0.25, -0.2) is 9.59 Å². The lowest BCUT2D eigenvalue weighted by Crippen LogP contribution is -2.60. The Morgan fingerprint density at radius 1 is 1.45 bits per heavy atom. The quantitative estimate of drug-likeness (QED) is 0.819. The molecular weight excluding hydrogens is 260 g/mol. The molecule has 2 rings (SSSR count). The third kappa shape index (κ3) is 3.23. The van der Waals surface area contributed by atoms with Gasteiger partial charge in [-0.2, -0.15) is 0 Å². The number of carboxylic acid groups (broad SMARTS) is 1. The Bertz CT molecular complexity index is 368. The number of hydrogen-bond donors (Lipinski definition) is 2. The van der Waals surface area contributed by atoms with E-state index in [1.807, 2.05) is 0 Å². The van der Waals surface area contributed by atoms with Crippen molar-refractivity contribution in [2.24, 2.45) is 5.92 Å². The zero-order valence-electron chi connectivity index (χ0n) is 12.1. The number of urea groups is 1. The molecule has 0 aliphatic carbocycles. The van der Waals surface area contributed by atoms with Gasteiger partial charge in [-0.1, -0.05) is 0 Å². The van der Waals surface area contributed by atoms with Crippen molar-refractivity contribution < 1.29 is 19.4 Å². The van der Waals surface area contributed by atoms with E-state index < -0.39 is 11.5 Å². The number of carbonyl (C=O) groups is 2. The first-order chi connectivity index (χ1) is 9.54. The molecule has 2 amide bonds. The largest absolute Gasteiger partial charge is 0.480 e. The molecule has 2 aliphatic rings. The SMILES string of the molecule is CC1(C(=O)O)CCCCN1C(=O)NCCC1CCOC1.